The number of pyridine rings is 1. The molecule has 0 unspecified atom stereocenters. The molecule has 0 aromatic carbocycles. The summed E-state index contributed by atoms with van der Waals surface area (Å²) >= 11 is 0. The molecule has 0 fully saturated rings. The molecule has 1 rings (SSSR count). The van der Waals surface area contributed by atoms with E-state index in [4.69, 9.17) is 0 Å². The Hall–Kier alpha value is -1.16. The summed E-state index contributed by atoms with van der Waals surface area (Å²) < 4.78 is 13.6. The Morgan fingerprint density at radius 1 is 1.47 bits per heavy atom. The summed E-state index contributed by atoms with van der Waals surface area (Å²) in [5.41, 5.74) is 0.648. The van der Waals surface area contributed by atoms with Gasteiger partial charge in [0.2, 0.25) is 0 Å². The lowest BCUT2D eigenvalue weighted by Crippen LogP contribution is -2.20. The molecule has 4 heteroatoms. The average Bonchev–Trinajstić information content (AvgIpc) is 2.20. The van der Waals surface area contributed by atoms with Crippen LogP contribution in [0.15, 0.2) is 12.3 Å². The summed E-state index contributed by atoms with van der Waals surface area (Å²) in [4.78, 5) is 3.89. The van der Waals surface area contributed by atoms with Crippen molar-refractivity contribution in [2.24, 2.45) is 5.92 Å². The topological polar surface area (TPSA) is 37.0 Å². The number of nitrogens with zero attached hydrogens (tertiary/aromatic N) is 1. The first-order valence-electron chi connectivity index (χ1n) is 5.17. The number of anilines is 1. The maximum Gasteiger partial charge on any atom is 0.169 e. The van der Waals surface area contributed by atoms with Gasteiger partial charge in [0, 0.05) is 25.4 Å². The highest BCUT2D eigenvalue weighted by molar-refractivity contribution is 5.38. The number of nitrogens with one attached hydrogen (secondary N) is 2. The quantitative estimate of drug-likeness (QED) is 0.782. The van der Waals surface area contributed by atoms with Crippen LogP contribution in [0.25, 0.3) is 0 Å². The molecule has 3 nitrogen and oxygen atoms in total. The summed E-state index contributed by atoms with van der Waals surface area (Å²) in [7, 11) is 1.66. The SMILES string of the molecule is CNc1nccc(CNCC(C)C)c1F. The summed E-state index contributed by atoms with van der Waals surface area (Å²) in [6, 6.07) is 1.70. The highest BCUT2D eigenvalue weighted by Crippen LogP contribution is 2.13. The Morgan fingerprint density at radius 3 is 2.80 bits per heavy atom. The number of hydrogen-bond acceptors (Lipinski definition) is 3. The first kappa shape index (κ1) is 11.9. The molecule has 2 N–H and O–H groups in total. The summed E-state index contributed by atoms with van der Waals surface area (Å²) in [5.74, 6) is 0.605. The Morgan fingerprint density at radius 2 is 2.20 bits per heavy atom. The molecule has 0 amide bonds. The first-order valence-corrected chi connectivity index (χ1v) is 5.17. The van der Waals surface area contributed by atoms with Crippen LogP contribution in [0.5, 0.6) is 0 Å². The zero-order valence-corrected chi connectivity index (χ0v) is 9.47. The van der Waals surface area contributed by atoms with E-state index >= 15 is 0 Å². The van der Waals surface area contributed by atoms with Gasteiger partial charge >= 0.3 is 0 Å². The van der Waals surface area contributed by atoms with E-state index in [-0.39, 0.29) is 5.82 Å². The number of halogens is 1. The van der Waals surface area contributed by atoms with Gasteiger partial charge in [-0.1, -0.05) is 13.8 Å². The van der Waals surface area contributed by atoms with Crippen molar-refractivity contribution in [1.29, 1.82) is 0 Å². The molecule has 1 aromatic rings. The van der Waals surface area contributed by atoms with E-state index < -0.39 is 0 Å². The normalized spacial score (nSPS) is 10.7. The second-order valence-corrected chi connectivity index (χ2v) is 3.91. The van der Waals surface area contributed by atoms with Crippen molar-refractivity contribution in [3.8, 4) is 0 Å². The molecule has 15 heavy (non-hydrogen) atoms. The second-order valence-electron chi connectivity index (χ2n) is 3.91. The fraction of sp³-hybridized carbons (Fsp3) is 0.545. The summed E-state index contributed by atoms with van der Waals surface area (Å²) in [5, 5.41) is 5.92. The van der Waals surface area contributed by atoms with Gasteiger partial charge in [0.15, 0.2) is 11.6 Å². The van der Waals surface area contributed by atoms with Crippen molar-refractivity contribution in [3.63, 3.8) is 0 Å². The highest BCUT2D eigenvalue weighted by atomic mass is 19.1. The molecule has 0 radical (unpaired) electrons. The standard InChI is InChI=1S/C11H18FN3/c1-8(2)6-14-7-9-4-5-15-11(13-3)10(9)12/h4-5,8,14H,6-7H2,1-3H3,(H,13,15). The summed E-state index contributed by atoms with van der Waals surface area (Å²) in [6.07, 6.45) is 1.61. The Kier molecular flexibility index (Phi) is 4.49. The third-order valence-electron chi connectivity index (χ3n) is 2.07. The van der Waals surface area contributed by atoms with E-state index in [0.29, 0.717) is 23.8 Å². The molecule has 0 aliphatic carbocycles. The van der Waals surface area contributed by atoms with E-state index in [0.717, 1.165) is 6.54 Å². The van der Waals surface area contributed by atoms with Crippen LogP contribution in [0.3, 0.4) is 0 Å². The predicted molar refractivity (Wildman–Crippen MR) is 60.3 cm³/mol. The van der Waals surface area contributed by atoms with E-state index in [9.17, 15) is 4.39 Å². The van der Waals surface area contributed by atoms with Gasteiger partial charge in [0.05, 0.1) is 0 Å². The molecule has 0 atom stereocenters. The molecule has 1 heterocycles. The van der Waals surface area contributed by atoms with Gasteiger partial charge in [0.25, 0.3) is 0 Å². The minimum atomic E-state index is -0.267. The van der Waals surface area contributed by atoms with Crippen molar-refractivity contribution in [3.05, 3.63) is 23.6 Å². The largest absolute Gasteiger partial charge is 0.371 e. The highest BCUT2D eigenvalue weighted by Gasteiger charge is 2.07. The van der Waals surface area contributed by atoms with Gasteiger partial charge < -0.3 is 10.6 Å². The van der Waals surface area contributed by atoms with Crippen LogP contribution in [-0.4, -0.2) is 18.6 Å². The van der Waals surface area contributed by atoms with Crippen LogP contribution in [0, 0.1) is 11.7 Å². The van der Waals surface area contributed by atoms with Crippen LogP contribution in [-0.2, 0) is 6.54 Å². The molecule has 1 aromatic heterocycles. The van der Waals surface area contributed by atoms with Gasteiger partial charge in [-0.15, -0.1) is 0 Å². The Bertz CT molecular complexity index is 313. The van der Waals surface area contributed by atoms with E-state index in [1.807, 2.05) is 0 Å². The minimum Gasteiger partial charge on any atom is -0.371 e. The number of rotatable bonds is 5. The maximum atomic E-state index is 13.6. The molecule has 0 saturated heterocycles. The third-order valence-corrected chi connectivity index (χ3v) is 2.07. The number of hydrogen-bond donors (Lipinski definition) is 2. The van der Waals surface area contributed by atoms with Crippen molar-refractivity contribution < 1.29 is 4.39 Å². The van der Waals surface area contributed by atoms with Crippen molar-refractivity contribution in [2.75, 3.05) is 18.9 Å². The fourth-order valence-corrected chi connectivity index (χ4v) is 1.29. The lowest BCUT2D eigenvalue weighted by atomic mass is 10.2. The molecule has 0 aliphatic rings. The second kappa shape index (κ2) is 5.66. The van der Waals surface area contributed by atoms with Gasteiger partial charge in [-0.05, 0) is 18.5 Å². The minimum absolute atomic E-state index is 0.267. The van der Waals surface area contributed by atoms with Crippen molar-refractivity contribution >= 4 is 5.82 Å². The zero-order chi connectivity index (χ0) is 11.3. The predicted octanol–water partition coefficient (Wildman–Crippen LogP) is 2.01. The average molecular weight is 211 g/mol. The zero-order valence-electron chi connectivity index (χ0n) is 9.47. The Balaban J connectivity index is 2.61. The van der Waals surface area contributed by atoms with Gasteiger partial charge in [-0.25, -0.2) is 9.37 Å². The Labute approximate surface area is 90.1 Å². The first-order chi connectivity index (χ1) is 7.15. The van der Waals surface area contributed by atoms with Gasteiger partial charge in [0.1, 0.15) is 0 Å². The summed E-state index contributed by atoms with van der Waals surface area (Å²) in [6.45, 7) is 5.67. The molecule has 0 saturated carbocycles. The maximum absolute atomic E-state index is 13.6. The smallest absolute Gasteiger partial charge is 0.169 e. The van der Waals surface area contributed by atoms with Crippen LogP contribution < -0.4 is 10.6 Å². The molecule has 0 spiro atoms. The monoisotopic (exact) mass is 211 g/mol. The number of aromatic nitrogens is 1. The molecule has 0 aliphatic heterocycles. The van der Waals surface area contributed by atoms with Crippen LogP contribution in [0.2, 0.25) is 0 Å². The lowest BCUT2D eigenvalue weighted by Gasteiger charge is -2.09. The van der Waals surface area contributed by atoms with E-state index in [1.54, 1.807) is 19.3 Å². The lowest BCUT2D eigenvalue weighted by molar-refractivity contribution is 0.534. The van der Waals surface area contributed by atoms with E-state index in [2.05, 4.69) is 29.5 Å². The molecular formula is C11H18FN3. The van der Waals surface area contributed by atoms with Crippen molar-refractivity contribution in [2.45, 2.75) is 20.4 Å². The van der Waals surface area contributed by atoms with Gasteiger partial charge in [-0.2, -0.15) is 0 Å². The molecule has 0 bridgehead atoms. The third kappa shape index (κ3) is 3.47. The molecule has 84 valence electrons. The fourth-order valence-electron chi connectivity index (χ4n) is 1.29. The van der Waals surface area contributed by atoms with Crippen LogP contribution in [0.4, 0.5) is 10.2 Å². The van der Waals surface area contributed by atoms with E-state index in [1.165, 1.54) is 0 Å². The van der Waals surface area contributed by atoms with Crippen LogP contribution in [0.1, 0.15) is 19.4 Å². The van der Waals surface area contributed by atoms with Gasteiger partial charge in [-0.3, -0.25) is 0 Å². The molecular weight excluding hydrogens is 193 g/mol. The van der Waals surface area contributed by atoms with Crippen molar-refractivity contribution in [1.82, 2.24) is 10.3 Å². The van der Waals surface area contributed by atoms with Crippen LogP contribution >= 0.6 is 0 Å².